The van der Waals surface area contributed by atoms with Gasteiger partial charge in [0.2, 0.25) is 0 Å². The first kappa shape index (κ1) is 14.9. The third kappa shape index (κ3) is 2.37. The van der Waals surface area contributed by atoms with Crippen molar-refractivity contribution in [2.24, 2.45) is 0 Å². The summed E-state index contributed by atoms with van der Waals surface area (Å²) in [5.74, 6) is 0. The lowest BCUT2D eigenvalue weighted by Crippen LogP contribution is -2.52. The number of aromatic nitrogens is 4. The van der Waals surface area contributed by atoms with E-state index in [-0.39, 0.29) is 6.54 Å². The average Bonchev–Trinajstić information content (AvgIpc) is 2.88. The van der Waals surface area contributed by atoms with Crippen molar-refractivity contribution >= 4 is 24.1 Å². The van der Waals surface area contributed by atoms with E-state index in [0.29, 0.717) is 16.7 Å². The van der Waals surface area contributed by atoms with Crippen molar-refractivity contribution in [3.05, 3.63) is 46.4 Å². The fourth-order valence-corrected chi connectivity index (χ4v) is 2.53. The molecule has 23 heavy (non-hydrogen) atoms. The molecule has 0 saturated heterocycles. The zero-order valence-corrected chi connectivity index (χ0v) is 12.7. The number of rotatable bonds is 2. The Morgan fingerprint density at radius 1 is 1.26 bits per heavy atom. The maximum absolute atomic E-state index is 12.9. The number of nitrogens with zero attached hydrogens (tertiary/aromatic N) is 5. The molecule has 2 aromatic rings. The van der Waals surface area contributed by atoms with Crippen molar-refractivity contribution in [2.45, 2.75) is 25.9 Å². The Morgan fingerprint density at radius 2 is 2.00 bits per heavy atom. The average molecular weight is 313 g/mol. The molecule has 0 aliphatic carbocycles. The van der Waals surface area contributed by atoms with Gasteiger partial charge in [0.1, 0.15) is 12.8 Å². The van der Waals surface area contributed by atoms with Gasteiger partial charge >= 0.3 is 11.7 Å². The fourth-order valence-electron chi connectivity index (χ4n) is 2.53. The van der Waals surface area contributed by atoms with E-state index >= 15 is 0 Å². The second-order valence-corrected chi connectivity index (χ2v) is 5.69. The van der Waals surface area contributed by atoms with Crippen molar-refractivity contribution in [1.82, 2.24) is 19.8 Å². The lowest BCUT2D eigenvalue weighted by Gasteiger charge is -2.39. The predicted octanol–water partition coefficient (Wildman–Crippen LogP) is 0.919. The lowest BCUT2D eigenvalue weighted by atomic mass is 9.94. The van der Waals surface area contributed by atoms with Crippen molar-refractivity contribution in [3.63, 3.8) is 0 Å². The number of hydrogen-bond acceptors (Lipinski definition) is 5. The van der Waals surface area contributed by atoms with Gasteiger partial charge in [-0.15, -0.1) is 4.68 Å². The third-order valence-electron chi connectivity index (χ3n) is 3.68. The third-order valence-corrected chi connectivity index (χ3v) is 3.68. The highest BCUT2D eigenvalue weighted by molar-refractivity contribution is 5.98. The normalized spacial score (nSPS) is 15.3. The van der Waals surface area contributed by atoms with Crippen LogP contribution in [0.2, 0.25) is 0 Å². The van der Waals surface area contributed by atoms with E-state index in [1.807, 2.05) is 44.2 Å². The van der Waals surface area contributed by atoms with Crippen LogP contribution in [-0.2, 0) is 11.3 Å². The highest BCUT2D eigenvalue weighted by Crippen LogP contribution is 2.34. The molecule has 0 unspecified atom stereocenters. The molecule has 0 fully saturated rings. The molecule has 0 spiro atoms. The van der Waals surface area contributed by atoms with Gasteiger partial charge in [-0.1, -0.05) is 30.4 Å². The van der Waals surface area contributed by atoms with Crippen LogP contribution in [0.15, 0.2) is 35.1 Å². The number of tetrazole rings is 1. The lowest BCUT2D eigenvalue weighted by molar-refractivity contribution is -0.108. The standard InChI is InChI=1S/C15H15N5O3/c1-15(2)8-7-11-5-3-4-6-12(11)19(15)14(23)20-13(22)18(9-10-21)16-17-20/h3-8,10H,9H2,1-2H3. The summed E-state index contributed by atoms with van der Waals surface area (Å²) in [7, 11) is 0. The van der Waals surface area contributed by atoms with Crippen LogP contribution in [0, 0.1) is 0 Å². The van der Waals surface area contributed by atoms with Crippen LogP contribution in [0.3, 0.4) is 0 Å². The van der Waals surface area contributed by atoms with Gasteiger partial charge in [-0.05, 0) is 35.9 Å². The van der Waals surface area contributed by atoms with Crippen LogP contribution in [0.25, 0.3) is 6.08 Å². The van der Waals surface area contributed by atoms with E-state index in [1.165, 1.54) is 4.90 Å². The summed E-state index contributed by atoms with van der Waals surface area (Å²) >= 11 is 0. The number of carbonyl (C=O) groups excluding carboxylic acids is 2. The molecule has 1 aromatic heterocycles. The van der Waals surface area contributed by atoms with Gasteiger partial charge in [0, 0.05) is 0 Å². The molecule has 1 aliphatic rings. The molecule has 0 atom stereocenters. The van der Waals surface area contributed by atoms with Crippen LogP contribution in [0.4, 0.5) is 10.5 Å². The minimum absolute atomic E-state index is 0.244. The predicted molar refractivity (Wildman–Crippen MR) is 83.2 cm³/mol. The van der Waals surface area contributed by atoms with Crippen molar-refractivity contribution in [1.29, 1.82) is 0 Å². The highest BCUT2D eigenvalue weighted by Gasteiger charge is 2.36. The number of amides is 1. The minimum Gasteiger partial charge on any atom is -0.301 e. The first-order valence-corrected chi connectivity index (χ1v) is 7.05. The van der Waals surface area contributed by atoms with Crippen LogP contribution in [0.1, 0.15) is 19.4 Å². The highest BCUT2D eigenvalue weighted by atomic mass is 16.2. The van der Waals surface area contributed by atoms with Crippen molar-refractivity contribution in [2.75, 3.05) is 4.90 Å². The topological polar surface area (TPSA) is 90.1 Å². The molecular weight excluding hydrogens is 298 g/mol. The Kier molecular flexibility index (Phi) is 3.44. The summed E-state index contributed by atoms with van der Waals surface area (Å²) in [6.45, 7) is 3.47. The summed E-state index contributed by atoms with van der Waals surface area (Å²) in [4.78, 5) is 37.0. The van der Waals surface area contributed by atoms with Gasteiger partial charge in [0.15, 0.2) is 0 Å². The molecule has 1 amide bonds. The molecular formula is C15H15N5O3. The Hall–Kier alpha value is -3.03. The Morgan fingerprint density at radius 3 is 2.74 bits per heavy atom. The van der Waals surface area contributed by atoms with Gasteiger partial charge in [0.05, 0.1) is 11.2 Å². The van der Waals surface area contributed by atoms with Crippen molar-refractivity contribution in [3.8, 4) is 0 Å². The number of carbonyl (C=O) groups is 2. The van der Waals surface area contributed by atoms with E-state index < -0.39 is 17.3 Å². The smallest absolute Gasteiger partial charge is 0.301 e. The van der Waals surface area contributed by atoms with Gasteiger partial charge in [-0.3, -0.25) is 4.90 Å². The Balaban J connectivity index is 2.09. The molecule has 118 valence electrons. The van der Waals surface area contributed by atoms with E-state index in [1.54, 1.807) is 6.07 Å². The summed E-state index contributed by atoms with van der Waals surface area (Å²) < 4.78 is 1.50. The SMILES string of the molecule is CC1(C)C=Cc2ccccc2N1C(=O)n1nnn(CC=O)c1=O. The summed E-state index contributed by atoms with van der Waals surface area (Å²) in [6, 6.07) is 6.76. The number of benzene rings is 1. The Bertz CT molecular complexity index is 862. The van der Waals surface area contributed by atoms with Gasteiger partial charge in [-0.2, -0.15) is 4.68 Å². The summed E-state index contributed by atoms with van der Waals surface area (Å²) in [5, 5.41) is 7.14. The molecule has 8 heteroatoms. The van der Waals surface area contributed by atoms with E-state index in [0.717, 1.165) is 10.2 Å². The number of aldehydes is 1. The molecule has 8 nitrogen and oxygen atoms in total. The molecule has 3 rings (SSSR count). The molecule has 1 aliphatic heterocycles. The number of para-hydroxylation sites is 1. The van der Waals surface area contributed by atoms with Crippen LogP contribution >= 0.6 is 0 Å². The number of fused-ring (bicyclic) bond motifs is 1. The van der Waals surface area contributed by atoms with Crippen LogP contribution < -0.4 is 10.6 Å². The first-order valence-electron chi connectivity index (χ1n) is 7.05. The fraction of sp³-hybridized carbons (Fsp3) is 0.267. The molecule has 1 aromatic carbocycles. The van der Waals surface area contributed by atoms with E-state index in [9.17, 15) is 14.4 Å². The molecule has 0 saturated carbocycles. The maximum atomic E-state index is 12.9. The maximum Gasteiger partial charge on any atom is 0.372 e. The number of anilines is 1. The second-order valence-electron chi connectivity index (χ2n) is 5.69. The molecule has 0 N–H and O–H groups in total. The van der Waals surface area contributed by atoms with E-state index in [4.69, 9.17) is 0 Å². The zero-order chi connectivity index (χ0) is 16.6. The van der Waals surface area contributed by atoms with Gasteiger partial charge in [0.25, 0.3) is 0 Å². The molecule has 2 heterocycles. The summed E-state index contributed by atoms with van der Waals surface area (Å²) in [5.41, 5.74) is 0.166. The van der Waals surface area contributed by atoms with E-state index in [2.05, 4.69) is 10.4 Å². The van der Waals surface area contributed by atoms with Gasteiger partial charge < -0.3 is 4.79 Å². The second kappa shape index (κ2) is 5.31. The molecule has 0 radical (unpaired) electrons. The monoisotopic (exact) mass is 313 g/mol. The molecule has 0 bridgehead atoms. The minimum atomic E-state index is -0.745. The Labute approximate surface area is 131 Å². The zero-order valence-electron chi connectivity index (χ0n) is 12.7. The summed E-state index contributed by atoms with van der Waals surface area (Å²) in [6.07, 6.45) is 4.34. The first-order chi connectivity index (χ1) is 11.0. The van der Waals surface area contributed by atoms with Gasteiger partial charge in [-0.25, -0.2) is 9.59 Å². The van der Waals surface area contributed by atoms with Crippen LogP contribution in [-0.4, -0.2) is 37.6 Å². The largest absolute Gasteiger partial charge is 0.372 e. The van der Waals surface area contributed by atoms with Crippen molar-refractivity contribution < 1.29 is 9.59 Å². The number of hydrogen-bond donors (Lipinski definition) is 0. The van der Waals surface area contributed by atoms with Crippen LogP contribution in [0.5, 0.6) is 0 Å². The quantitative estimate of drug-likeness (QED) is 0.607.